The molecule has 5 heteroatoms. The van der Waals surface area contributed by atoms with Crippen LogP contribution in [0.5, 0.6) is 5.75 Å². The molecule has 4 aromatic rings. The number of hydrogen-bond donors (Lipinski definition) is 1. The van der Waals surface area contributed by atoms with E-state index in [0.717, 1.165) is 11.1 Å². The van der Waals surface area contributed by atoms with E-state index in [1.807, 2.05) is 60.7 Å². The Morgan fingerprint density at radius 3 is 1.82 bits per heavy atom. The van der Waals surface area contributed by atoms with Gasteiger partial charge in [-0.15, -0.1) is 0 Å². The molecule has 33 heavy (non-hydrogen) atoms. The van der Waals surface area contributed by atoms with Crippen molar-refractivity contribution in [2.24, 2.45) is 0 Å². The molecule has 0 aromatic heterocycles. The van der Waals surface area contributed by atoms with E-state index < -0.39 is 12.1 Å². The summed E-state index contributed by atoms with van der Waals surface area (Å²) in [5.41, 5.74) is 2.82. The second-order valence-corrected chi connectivity index (χ2v) is 7.33. The average molecular weight is 437 g/mol. The van der Waals surface area contributed by atoms with Crippen LogP contribution in [0.2, 0.25) is 0 Å². The van der Waals surface area contributed by atoms with Crippen LogP contribution in [-0.4, -0.2) is 19.0 Å². The maximum absolute atomic E-state index is 13.2. The van der Waals surface area contributed by atoms with E-state index in [0.29, 0.717) is 17.0 Å². The lowest BCUT2D eigenvalue weighted by atomic mass is 10.0. The van der Waals surface area contributed by atoms with Crippen LogP contribution in [0.3, 0.4) is 0 Å². The highest BCUT2D eigenvalue weighted by molar-refractivity contribution is 6.08. The van der Waals surface area contributed by atoms with Gasteiger partial charge in [-0.3, -0.25) is 4.79 Å². The van der Waals surface area contributed by atoms with Crippen LogP contribution < -0.4 is 10.1 Å². The van der Waals surface area contributed by atoms with Gasteiger partial charge in [-0.2, -0.15) is 0 Å². The summed E-state index contributed by atoms with van der Waals surface area (Å²) in [6, 6.07) is 32.7. The van der Waals surface area contributed by atoms with Crippen LogP contribution in [0.1, 0.15) is 37.9 Å². The number of amides is 1. The zero-order chi connectivity index (χ0) is 23.0. The highest BCUT2D eigenvalue weighted by Gasteiger charge is 2.22. The van der Waals surface area contributed by atoms with Gasteiger partial charge in [0, 0.05) is 5.56 Å². The van der Waals surface area contributed by atoms with Crippen LogP contribution in [0, 0.1) is 0 Å². The molecule has 4 rings (SSSR count). The Kier molecular flexibility index (Phi) is 6.81. The minimum absolute atomic E-state index is 0.274. The molecule has 0 saturated heterocycles. The standard InChI is InChI=1S/C28H23NO4/c1-32-23-18-16-22(17-19-23)27(30)29-25-15-9-8-14-24(25)28(31)33-26(20-10-4-2-5-11-20)21-12-6-3-7-13-21/h2-19,26H,1H3,(H,29,30). The first-order valence-corrected chi connectivity index (χ1v) is 10.5. The van der Waals surface area contributed by atoms with Gasteiger partial charge in [0.05, 0.1) is 18.4 Å². The van der Waals surface area contributed by atoms with Gasteiger partial charge in [0.2, 0.25) is 0 Å². The third kappa shape index (κ3) is 5.28. The van der Waals surface area contributed by atoms with E-state index in [1.54, 1.807) is 55.6 Å². The summed E-state index contributed by atoms with van der Waals surface area (Å²) in [6.45, 7) is 0. The minimum Gasteiger partial charge on any atom is -0.497 e. The molecule has 5 nitrogen and oxygen atoms in total. The molecule has 0 heterocycles. The summed E-state index contributed by atoms with van der Waals surface area (Å²) in [5.74, 6) is -0.206. The second-order valence-electron chi connectivity index (χ2n) is 7.33. The Labute approximate surface area is 192 Å². The fraction of sp³-hybridized carbons (Fsp3) is 0.0714. The van der Waals surface area contributed by atoms with E-state index >= 15 is 0 Å². The molecule has 0 unspecified atom stereocenters. The molecular weight excluding hydrogens is 414 g/mol. The van der Waals surface area contributed by atoms with Crippen molar-refractivity contribution in [3.8, 4) is 5.75 Å². The topological polar surface area (TPSA) is 64.6 Å². The van der Waals surface area contributed by atoms with Crippen LogP contribution >= 0.6 is 0 Å². The van der Waals surface area contributed by atoms with Crippen LogP contribution in [0.25, 0.3) is 0 Å². The van der Waals surface area contributed by atoms with Crippen molar-refractivity contribution in [1.29, 1.82) is 0 Å². The Morgan fingerprint density at radius 1 is 0.697 bits per heavy atom. The van der Waals surface area contributed by atoms with Crippen LogP contribution in [-0.2, 0) is 4.74 Å². The van der Waals surface area contributed by atoms with E-state index in [4.69, 9.17) is 9.47 Å². The summed E-state index contributed by atoms with van der Waals surface area (Å²) in [5, 5.41) is 2.82. The Bertz CT molecular complexity index is 1180. The SMILES string of the molecule is COc1ccc(C(=O)Nc2ccccc2C(=O)OC(c2ccccc2)c2ccccc2)cc1. The lowest BCUT2D eigenvalue weighted by molar-refractivity contribution is 0.0379. The molecule has 0 fully saturated rings. The van der Waals surface area contributed by atoms with Gasteiger partial charge in [-0.05, 0) is 47.5 Å². The summed E-state index contributed by atoms with van der Waals surface area (Å²) in [6.07, 6.45) is -0.578. The number of benzene rings is 4. The fourth-order valence-electron chi connectivity index (χ4n) is 3.46. The molecule has 0 radical (unpaired) electrons. The second kappa shape index (κ2) is 10.3. The number of carbonyl (C=O) groups excluding carboxylic acids is 2. The van der Waals surface area contributed by atoms with Gasteiger partial charge in [0.15, 0.2) is 6.10 Å². The van der Waals surface area contributed by atoms with E-state index in [2.05, 4.69) is 5.32 Å². The van der Waals surface area contributed by atoms with Crippen molar-refractivity contribution < 1.29 is 19.1 Å². The molecule has 0 aliphatic rings. The largest absolute Gasteiger partial charge is 0.497 e. The molecule has 164 valence electrons. The first-order chi connectivity index (χ1) is 16.2. The number of ether oxygens (including phenoxy) is 2. The first kappa shape index (κ1) is 21.8. The van der Waals surface area contributed by atoms with Crippen LogP contribution in [0.4, 0.5) is 5.69 Å². The molecule has 0 aliphatic carbocycles. The zero-order valence-corrected chi connectivity index (χ0v) is 18.1. The molecule has 0 saturated carbocycles. The molecule has 0 bridgehead atoms. The fourth-order valence-corrected chi connectivity index (χ4v) is 3.46. The maximum Gasteiger partial charge on any atom is 0.341 e. The van der Waals surface area contributed by atoms with Crippen molar-refractivity contribution >= 4 is 17.6 Å². The number of rotatable bonds is 7. The van der Waals surface area contributed by atoms with Crippen molar-refractivity contribution in [3.05, 3.63) is 131 Å². The predicted molar refractivity (Wildman–Crippen MR) is 128 cm³/mol. The maximum atomic E-state index is 13.2. The monoisotopic (exact) mass is 437 g/mol. The number of nitrogens with one attached hydrogen (secondary N) is 1. The molecule has 0 aliphatic heterocycles. The lowest BCUT2D eigenvalue weighted by Crippen LogP contribution is -2.17. The van der Waals surface area contributed by atoms with Gasteiger partial charge in [0.1, 0.15) is 5.75 Å². The summed E-state index contributed by atoms with van der Waals surface area (Å²) in [4.78, 5) is 26.0. The summed E-state index contributed by atoms with van der Waals surface area (Å²) >= 11 is 0. The van der Waals surface area contributed by atoms with Gasteiger partial charge in [-0.25, -0.2) is 4.79 Å². The van der Waals surface area contributed by atoms with Gasteiger partial charge in [0.25, 0.3) is 5.91 Å². The van der Waals surface area contributed by atoms with Gasteiger partial charge >= 0.3 is 5.97 Å². The summed E-state index contributed by atoms with van der Waals surface area (Å²) < 4.78 is 11.1. The third-order valence-corrected chi connectivity index (χ3v) is 5.18. The van der Waals surface area contributed by atoms with E-state index in [9.17, 15) is 9.59 Å². The first-order valence-electron chi connectivity index (χ1n) is 10.5. The molecule has 4 aromatic carbocycles. The highest BCUT2D eigenvalue weighted by atomic mass is 16.5. The number of esters is 1. The average Bonchev–Trinajstić information content (AvgIpc) is 2.88. The number of para-hydroxylation sites is 1. The smallest absolute Gasteiger partial charge is 0.341 e. The zero-order valence-electron chi connectivity index (χ0n) is 18.1. The Hall–Kier alpha value is -4.38. The van der Waals surface area contributed by atoms with Crippen molar-refractivity contribution in [1.82, 2.24) is 0 Å². The molecule has 0 atom stereocenters. The van der Waals surface area contributed by atoms with Crippen molar-refractivity contribution in [2.75, 3.05) is 12.4 Å². The minimum atomic E-state index is -0.578. The predicted octanol–water partition coefficient (Wildman–Crippen LogP) is 5.89. The molecule has 1 amide bonds. The molecule has 0 spiro atoms. The van der Waals surface area contributed by atoms with Crippen LogP contribution in [0.15, 0.2) is 109 Å². The molecule has 1 N–H and O–H groups in total. The number of hydrogen-bond acceptors (Lipinski definition) is 4. The van der Waals surface area contributed by atoms with Gasteiger partial charge in [-0.1, -0.05) is 72.8 Å². The van der Waals surface area contributed by atoms with Gasteiger partial charge < -0.3 is 14.8 Å². The summed E-state index contributed by atoms with van der Waals surface area (Å²) in [7, 11) is 1.56. The Balaban J connectivity index is 1.58. The number of carbonyl (C=O) groups is 2. The van der Waals surface area contributed by atoms with Crippen molar-refractivity contribution in [2.45, 2.75) is 6.10 Å². The normalized spacial score (nSPS) is 10.5. The quantitative estimate of drug-likeness (QED) is 0.366. The lowest BCUT2D eigenvalue weighted by Gasteiger charge is -2.20. The molecular formula is C28H23NO4. The van der Waals surface area contributed by atoms with E-state index in [-0.39, 0.29) is 11.5 Å². The highest BCUT2D eigenvalue weighted by Crippen LogP contribution is 2.28. The third-order valence-electron chi connectivity index (χ3n) is 5.18. The van der Waals surface area contributed by atoms with Crippen molar-refractivity contribution in [3.63, 3.8) is 0 Å². The number of anilines is 1. The number of methoxy groups -OCH3 is 1. The Morgan fingerprint density at radius 2 is 1.24 bits per heavy atom. The van der Waals surface area contributed by atoms with E-state index in [1.165, 1.54) is 0 Å².